The molecule has 0 aliphatic carbocycles. The van der Waals surface area contributed by atoms with Crippen LogP contribution in [0.25, 0.3) is 0 Å². The standard InChI is InChI=1S/C15H18ClFN4O2S2.C2HF3O2/c1-2-21(10-3-4-18-7-10)13-6-12(17)14(5-11(13)16)25(22,23)20-15-8-24-9-19-15;3-2(4,5)1(6)7/h5-6,8-10,18,20H,2-4,7H2,1H3;(H,6,7)/t10-;/m0./s1. The number of anilines is 2. The van der Waals surface area contributed by atoms with Crippen molar-refractivity contribution in [3.63, 3.8) is 0 Å². The maximum absolute atomic E-state index is 14.6. The number of halogens is 5. The number of likely N-dealkylation sites (N-methyl/N-ethyl adjacent to an activating group) is 1. The number of carbonyl (C=O) groups is 1. The van der Waals surface area contributed by atoms with Gasteiger partial charge in [-0.1, -0.05) is 11.6 Å². The highest BCUT2D eigenvalue weighted by Gasteiger charge is 2.38. The quantitative estimate of drug-likeness (QED) is 0.501. The monoisotopic (exact) mass is 518 g/mol. The van der Waals surface area contributed by atoms with E-state index >= 15 is 0 Å². The van der Waals surface area contributed by atoms with Crippen molar-refractivity contribution in [3.05, 3.63) is 33.9 Å². The number of nitrogens with one attached hydrogen (secondary N) is 2. The molecule has 1 atom stereocenters. The fourth-order valence-corrected chi connectivity index (χ4v) is 4.91. The predicted molar refractivity (Wildman–Crippen MR) is 112 cm³/mol. The molecule has 2 heterocycles. The molecule has 15 heteroatoms. The lowest BCUT2D eigenvalue weighted by Crippen LogP contribution is -2.37. The zero-order valence-electron chi connectivity index (χ0n) is 16.5. The van der Waals surface area contributed by atoms with Crippen LogP contribution in [0.4, 0.5) is 29.1 Å². The normalized spacial score (nSPS) is 16.2. The molecular formula is C17H19ClF4N4O4S2. The van der Waals surface area contributed by atoms with Gasteiger partial charge < -0.3 is 15.3 Å². The van der Waals surface area contributed by atoms with E-state index in [0.717, 1.165) is 25.6 Å². The van der Waals surface area contributed by atoms with Gasteiger partial charge in [-0.3, -0.25) is 4.72 Å². The van der Waals surface area contributed by atoms with E-state index < -0.39 is 32.9 Å². The molecule has 3 rings (SSSR count). The van der Waals surface area contributed by atoms with Gasteiger partial charge in [-0.2, -0.15) is 13.2 Å². The number of alkyl halides is 3. The molecule has 1 aromatic carbocycles. The summed E-state index contributed by atoms with van der Waals surface area (Å²) in [4.78, 5) is 14.2. The van der Waals surface area contributed by atoms with E-state index in [2.05, 4.69) is 15.0 Å². The van der Waals surface area contributed by atoms with Crippen molar-refractivity contribution in [1.29, 1.82) is 0 Å². The van der Waals surface area contributed by atoms with Crippen LogP contribution in [0.1, 0.15) is 13.3 Å². The van der Waals surface area contributed by atoms with E-state index in [-0.39, 0.29) is 16.9 Å². The first-order chi connectivity index (χ1) is 14.9. The smallest absolute Gasteiger partial charge is 0.475 e. The highest BCUT2D eigenvalue weighted by molar-refractivity contribution is 7.92. The van der Waals surface area contributed by atoms with Crippen molar-refractivity contribution in [2.45, 2.75) is 30.5 Å². The Morgan fingerprint density at radius 3 is 2.56 bits per heavy atom. The number of benzene rings is 1. The molecule has 1 aliphatic heterocycles. The fourth-order valence-electron chi connectivity index (χ4n) is 2.93. The Labute approximate surface area is 190 Å². The molecule has 3 N–H and O–H groups in total. The summed E-state index contributed by atoms with van der Waals surface area (Å²) >= 11 is 7.54. The van der Waals surface area contributed by atoms with Gasteiger partial charge in [0.2, 0.25) is 0 Å². The third kappa shape index (κ3) is 6.67. The molecule has 0 amide bonds. The maximum atomic E-state index is 14.6. The Balaban J connectivity index is 0.000000451. The Morgan fingerprint density at radius 2 is 2.09 bits per heavy atom. The van der Waals surface area contributed by atoms with Crippen LogP contribution in [0.15, 0.2) is 27.9 Å². The van der Waals surface area contributed by atoms with Crippen LogP contribution in [0.3, 0.4) is 0 Å². The minimum Gasteiger partial charge on any atom is -0.475 e. The minimum absolute atomic E-state index is 0.150. The second kappa shape index (κ2) is 10.6. The number of nitrogens with zero attached hydrogens (tertiary/aromatic N) is 2. The lowest BCUT2D eigenvalue weighted by atomic mass is 10.2. The Kier molecular flexibility index (Phi) is 8.67. The van der Waals surface area contributed by atoms with Gasteiger partial charge >= 0.3 is 12.1 Å². The summed E-state index contributed by atoms with van der Waals surface area (Å²) in [6.45, 7) is 4.29. The molecule has 2 aromatic rings. The van der Waals surface area contributed by atoms with Crippen molar-refractivity contribution in [2.75, 3.05) is 29.3 Å². The molecule has 0 bridgehead atoms. The average Bonchev–Trinajstić information content (AvgIpc) is 3.38. The predicted octanol–water partition coefficient (Wildman–Crippen LogP) is 3.56. The van der Waals surface area contributed by atoms with Gasteiger partial charge in [0.15, 0.2) is 5.82 Å². The number of aromatic nitrogens is 1. The number of thiazole rings is 1. The Hall–Kier alpha value is -2.16. The second-order valence-electron chi connectivity index (χ2n) is 6.45. The fraction of sp³-hybridized carbons (Fsp3) is 0.412. The number of hydrogen-bond donors (Lipinski definition) is 3. The molecule has 0 unspecified atom stereocenters. The lowest BCUT2D eigenvalue weighted by Gasteiger charge is -2.30. The molecule has 32 heavy (non-hydrogen) atoms. The third-order valence-corrected chi connectivity index (χ3v) is 6.59. The van der Waals surface area contributed by atoms with E-state index in [1.54, 1.807) is 0 Å². The summed E-state index contributed by atoms with van der Waals surface area (Å²) in [5.41, 5.74) is 1.99. The summed E-state index contributed by atoms with van der Waals surface area (Å²) < 4.78 is 73.4. The van der Waals surface area contributed by atoms with Crippen molar-refractivity contribution in [2.24, 2.45) is 0 Å². The molecule has 8 nitrogen and oxygen atoms in total. The molecule has 1 saturated heterocycles. The number of carboxylic acids is 1. The Bertz CT molecular complexity index is 1030. The van der Waals surface area contributed by atoms with Crippen LogP contribution in [0.5, 0.6) is 0 Å². The van der Waals surface area contributed by atoms with Gasteiger partial charge in [-0.25, -0.2) is 22.6 Å². The minimum atomic E-state index is -5.08. The molecule has 0 radical (unpaired) electrons. The summed E-state index contributed by atoms with van der Waals surface area (Å²) in [5, 5.41) is 12.1. The van der Waals surface area contributed by atoms with E-state index in [9.17, 15) is 26.0 Å². The highest BCUT2D eigenvalue weighted by atomic mass is 35.5. The van der Waals surface area contributed by atoms with Crippen molar-refractivity contribution in [1.82, 2.24) is 10.3 Å². The molecule has 0 saturated carbocycles. The van der Waals surface area contributed by atoms with Crippen LogP contribution in [0, 0.1) is 5.82 Å². The van der Waals surface area contributed by atoms with Gasteiger partial charge in [0.05, 0.1) is 16.2 Å². The van der Waals surface area contributed by atoms with Gasteiger partial charge in [-0.05, 0) is 26.0 Å². The van der Waals surface area contributed by atoms with Gasteiger partial charge in [0, 0.05) is 30.6 Å². The molecule has 0 spiro atoms. The summed E-state index contributed by atoms with van der Waals surface area (Å²) in [6.07, 6.45) is -4.16. The highest BCUT2D eigenvalue weighted by Crippen LogP contribution is 2.33. The molecule has 178 valence electrons. The molecule has 1 aromatic heterocycles. The van der Waals surface area contributed by atoms with Crippen LogP contribution < -0.4 is 14.9 Å². The zero-order valence-corrected chi connectivity index (χ0v) is 18.9. The van der Waals surface area contributed by atoms with E-state index in [4.69, 9.17) is 21.5 Å². The van der Waals surface area contributed by atoms with E-state index in [0.29, 0.717) is 12.2 Å². The molecular weight excluding hydrogens is 500 g/mol. The first kappa shape index (κ1) is 26.1. The first-order valence-corrected chi connectivity index (χ1v) is 11.8. The number of sulfonamides is 1. The topological polar surface area (TPSA) is 112 Å². The van der Waals surface area contributed by atoms with Crippen molar-refractivity contribution < 1.29 is 35.9 Å². The largest absolute Gasteiger partial charge is 0.490 e. The van der Waals surface area contributed by atoms with Crippen molar-refractivity contribution >= 4 is 50.4 Å². The average molecular weight is 519 g/mol. The van der Waals surface area contributed by atoms with E-state index in [1.807, 2.05) is 11.8 Å². The van der Waals surface area contributed by atoms with Crippen LogP contribution in [-0.4, -0.2) is 56.3 Å². The summed E-state index contributed by atoms with van der Waals surface area (Å²) in [5.74, 6) is -3.45. The number of carboxylic acid groups (broad SMARTS) is 1. The number of aliphatic carboxylic acids is 1. The van der Waals surface area contributed by atoms with Gasteiger partial charge in [0.25, 0.3) is 10.0 Å². The van der Waals surface area contributed by atoms with E-state index in [1.165, 1.54) is 28.3 Å². The van der Waals surface area contributed by atoms with Crippen LogP contribution in [0.2, 0.25) is 5.02 Å². The third-order valence-electron chi connectivity index (χ3n) is 4.33. The first-order valence-electron chi connectivity index (χ1n) is 9.04. The SMILES string of the molecule is CCN(c1cc(F)c(S(=O)(=O)Nc2cscn2)cc1Cl)[C@H]1CCNC1.O=C(O)C(F)(F)F. The second-order valence-corrected chi connectivity index (χ2v) is 9.23. The molecule has 1 aliphatic rings. The van der Waals surface area contributed by atoms with Gasteiger partial charge in [0.1, 0.15) is 10.7 Å². The number of hydrogen-bond acceptors (Lipinski definition) is 7. The lowest BCUT2D eigenvalue weighted by molar-refractivity contribution is -0.192. The van der Waals surface area contributed by atoms with Gasteiger partial charge in [-0.15, -0.1) is 11.3 Å². The zero-order chi connectivity index (χ0) is 24.1. The van der Waals surface area contributed by atoms with Crippen LogP contribution >= 0.6 is 22.9 Å². The summed E-state index contributed by atoms with van der Waals surface area (Å²) in [6, 6.07) is 2.56. The summed E-state index contributed by atoms with van der Waals surface area (Å²) in [7, 11) is -4.10. The van der Waals surface area contributed by atoms with Crippen LogP contribution in [-0.2, 0) is 14.8 Å². The maximum Gasteiger partial charge on any atom is 0.490 e. The van der Waals surface area contributed by atoms with Crippen molar-refractivity contribution in [3.8, 4) is 0 Å². The Morgan fingerprint density at radius 1 is 1.44 bits per heavy atom. The number of rotatable bonds is 6. The molecule has 1 fully saturated rings.